The normalized spacial score (nSPS) is 15.2. The van der Waals surface area contributed by atoms with Crippen molar-refractivity contribution in [3.63, 3.8) is 0 Å². The molecule has 28 heavy (non-hydrogen) atoms. The fraction of sp³-hybridized carbons (Fsp3) is 0.300. The van der Waals surface area contributed by atoms with Gasteiger partial charge in [-0.15, -0.1) is 0 Å². The Kier molecular flexibility index (Phi) is 6.08. The lowest BCUT2D eigenvalue weighted by Crippen LogP contribution is -2.49. The first-order valence-corrected chi connectivity index (χ1v) is 8.93. The van der Waals surface area contributed by atoms with Crippen molar-refractivity contribution in [2.75, 3.05) is 31.1 Å². The smallest absolute Gasteiger partial charge is 0.405 e. The topological polar surface area (TPSA) is 75.9 Å². The predicted molar refractivity (Wildman–Crippen MR) is 99.6 cm³/mol. The van der Waals surface area contributed by atoms with Crippen LogP contribution in [0.4, 0.5) is 19.3 Å². The summed E-state index contributed by atoms with van der Waals surface area (Å²) in [7, 11) is 0. The molecule has 0 bridgehead atoms. The highest BCUT2D eigenvalue weighted by molar-refractivity contribution is 5.78. The van der Waals surface area contributed by atoms with Crippen molar-refractivity contribution in [1.29, 1.82) is 0 Å². The first-order chi connectivity index (χ1) is 13.4. The molecule has 3 rings (SSSR count). The predicted octanol–water partition coefficient (Wildman–Crippen LogP) is 2.84. The third-order valence-corrected chi connectivity index (χ3v) is 4.67. The van der Waals surface area contributed by atoms with Crippen LogP contribution in [-0.4, -0.2) is 43.1 Å². The van der Waals surface area contributed by atoms with Crippen LogP contribution < -0.4 is 10.6 Å². The van der Waals surface area contributed by atoms with Crippen LogP contribution in [0.2, 0.25) is 0 Å². The van der Waals surface area contributed by atoms with E-state index in [9.17, 15) is 18.4 Å². The molecule has 0 aliphatic carbocycles. The maximum absolute atomic E-state index is 13.9. The van der Waals surface area contributed by atoms with Gasteiger partial charge in [-0.05, 0) is 17.7 Å². The Hall–Kier alpha value is -3.16. The molecule has 148 valence electrons. The SMILES string of the molecule is NC(=O)O[C@H](CC(=O)N1CCN(c2ccc(F)cc2F)CC1)c1ccccc1. The van der Waals surface area contributed by atoms with Crippen LogP contribution in [0, 0.1) is 11.6 Å². The number of halogens is 2. The van der Waals surface area contributed by atoms with Crippen LogP contribution in [0.15, 0.2) is 48.5 Å². The molecule has 1 atom stereocenters. The van der Waals surface area contributed by atoms with Crippen molar-refractivity contribution >= 4 is 17.7 Å². The van der Waals surface area contributed by atoms with Crippen molar-refractivity contribution < 1.29 is 23.1 Å². The van der Waals surface area contributed by atoms with Crippen molar-refractivity contribution in [2.45, 2.75) is 12.5 Å². The van der Waals surface area contributed by atoms with E-state index in [1.54, 1.807) is 34.1 Å². The molecule has 6 nitrogen and oxygen atoms in total. The standard InChI is InChI=1S/C20H21F2N3O3/c21-15-6-7-17(16(22)12-15)24-8-10-25(11-9-24)19(26)13-18(28-20(23)27)14-4-2-1-3-5-14/h1-7,12,18H,8-11,13H2,(H2,23,27)/t18-/m1/s1. The third kappa shape index (κ3) is 4.76. The van der Waals surface area contributed by atoms with Gasteiger partial charge in [-0.2, -0.15) is 0 Å². The average molecular weight is 389 g/mol. The summed E-state index contributed by atoms with van der Waals surface area (Å²) < 4.78 is 32.1. The molecule has 2 aromatic rings. The van der Waals surface area contributed by atoms with Crippen molar-refractivity contribution in [2.24, 2.45) is 5.73 Å². The van der Waals surface area contributed by atoms with Gasteiger partial charge in [0, 0.05) is 32.2 Å². The van der Waals surface area contributed by atoms with Crippen LogP contribution in [0.1, 0.15) is 18.1 Å². The first kappa shape index (κ1) is 19.6. The molecule has 0 spiro atoms. The molecule has 0 aromatic heterocycles. The second kappa shape index (κ2) is 8.69. The number of nitrogens with zero attached hydrogens (tertiary/aromatic N) is 2. The van der Waals surface area contributed by atoms with E-state index in [2.05, 4.69) is 0 Å². The number of benzene rings is 2. The highest BCUT2D eigenvalue weighted by Gasteiger charge is 2.26. The Bertz CT molecular complexity index is 840. The van der Waals surface area contributed by atoms with E-state index in [0.29, 0.717) is 37.4 Å². The fourth-order valence-electron chi connectivity index (χ4n) is 3.26. The molecule has 2 amide bonds. The number of carbonyl (C=O) groups excluding carboxylic acids is 2. The van der Waals surface area contributed by atoms with Crippen molar-refractivity contribution in [1.82, 2.24) is 4.90 Å². The van der Waals surface area contributed by atoms with Crippen molar-refractivity contribution in [3.8, 4) is 0 Å². The van der Waals surface area contributed by atoms with Gasteiger partial charge in [-0.25, -0.2) is 13.6 Å². The quantitative estimate of drug-likeness (QED) is 0.853. The van der Waals surface area contributed by atoms with Crippen LogP contribution in [0.3, 0.4) is 0 Å². The number of piperazine rings is 1. The van der Waals surface area contributed by atoms with E-state index in [0.717, 1.165) is 6.07 Å². The number of nitrogens with two attached hydrogens (primary N) is 1. The maximum atomic E-state index is 13.9. The number of carbonyl (C=O) groups is 2. The zero-order valence-electron chi connectivity index (χ0n) is 15.2. The third-order valence-electron chi connectivity index (χ3n) is 4.67. The number of hydrogen-bond donors (Lipinski definition) is 1. The van der Waals surface area contributed by atoms with E-state index < -0.39 is 23.8 Å². The lowest BCUT2D eigenvalue weighted by atomic mass is 10.1. The van der Waals surface area contributed by atoms with Gasteiger partial charge in [0.15, 0.2) is 0 Å². The molecule has 1 aliphatic heterocycles. The molecule has 1 saturated heterocycles. The van der Waals surface area contributed by atoms with E-state index in [-0.39, 0.29) is 12.3 Å². The van der Waals surface area contributed by atoms with Gasteiger partial charge in [0.1, 0.15) is 17.7 Å². The number of amides is 2. The number of ether oxygens (including phenoxy) is 1. The Morgan fingerprint density at radius 1 is 1.04 bits per heavy atom. The lowest BCUT2D eigenvalue weighted by molar-refractivity contribution is -0.133. The van der Waals surface area contributed by atoms with Gasteiger partial charge < -0.3 is 20.3 Å². The van der Waals surface area contributed by atoms with E-state index in [1.165, 1.54) is 12.1 Å². The monoisotopic (exact) mass is 389 g/mol. The van der Waals surface area contributed by atoms with Gasteiger partial charge in [-0.1, -0.05) is 30.3 Å². The molecule has 0 radical (unpaired) electrons. The minimum atomic E-state index is -0.946. The minimum absolute atomic E-state index is 0.0299. The summed E-state index contributed by atoms with van der Waals surface area (Å²) in [6, 6.07) is 12.4. The molecular weight excluding hydrogens is 368 g/mol. The summed E-state index contributed by atoms with van der Waals surface area (Å²) in [4.78, 5) is 27.3. The summed E-state index contributed by atoms with van der Waals surface area (Å²) >= 11 is 0. The van der Waals surface area contributed by atoms with Gasteiger partial charge in [-0.3, -0.25) is 4.79 Å². The number of hydrogen-bond acceptors (Lipinski definition) is 4. The molecule has 2 N–H and O–H groups in total. The fourth-order valence-corrected chi connectivity index (χ4v) is 3.26. The summed E-state index contributed by atoms with van der Waals surface area (Å²) in [5.74, 6) is -1.44. The van der Waals surface area contributed by atoms with Gasteiger partial charge in [0.05, 0.1) is 12.1 Å². The Morgan fingerprint density at radius 3 is 2.32 bits per heavy atom. The molecule has 2 aromatic carbocycles. The summed E-state index contributed by atoms with van der Waals surface area (Å²) in [5.41, 5.74) is 6.13. The Labute approximate surface area is 161 Å². The molecule has 0 saturated carbocycles. The molecule has 8 heteroatoms. The van der Waals surface area contributed by atoms with Crippen LogP contribution >= 0.6 is 0 Å². The maximum Gasteiger partial charge on any atom is 0.405 e. The van der Waals surface area contributed by atoms with E-state index in [4.69, 9.17) is 10.5 Å². The second-order valence-electron chi connectivity index (χ2n) is 6.50. The summed E-state index contributed by atoms with van der Waals surface area (Å²) in [6.45, 7) is 1.60. The number of anilines is 1. The lowest BCUT2D eigenvalue weighted by Gasteiger charge is -2.36. The van der Waals surface area contributed by atoms with Gasteiger partial charge in [0.2, 0.25) is 5.91 Å². The zero-order valence-corrected chi connectivity index (χ0v) is 15.2. The van der Waals surface area contributed by atoms with Gasteiger partial charge >= 0.3 is 6.09 Å². The highest BCUT2D eigenvalue weighted by atomic mass is 19.1. The zero-order chi connectivity index (χ0) is 20.1. The van der Waals surface area contributed by atoms with E-state index in [1.807, 2.05) is 6.07 Å². The second-order valence-corrected chi connectivity index (χ2v) is 6.50. The molecule has 1 heterocycles. The van der Waals surface area contributed by atoms with Gasteiger partial charge in [0.25, 0.3) is 0 Å². The Balaban J connectivity index is 1.61. The molecule has 1 fully saturated rings. The molecular formula is C20H21F2N3O3. The molecule has 1 aliphatic rings. The minimum Gasteiger partial charge on any atom is -0.441 e. The van der Waals surface area contributed by atoms with E-state index >= 15 is 0 Å². The van der Waals surface area contributed by atoms with Crippen LogP contribution in [0.25, 0.3) is 0 Å². The summed E-state index contributed by atoms with van der Waals surface area (Å²) in [6.07, 6.45) is -1.74. The largest absolute Gasteiger partial charge is 0.441 e. The molecule has 0 unspecified atom stereocenters. The first-order valence-electron chi connectivity index (χ1n) is 8.93. The van der Waals surface area contributed by atoms with Crippen LogP contribution in [-0.2, 0) is 9.53 Å². The summed E-state index contributed by atoms with van der Waals surface area (Å²) in [5, 5.41) is 0. The average Bonchev–Trinajstić information content (AvgIpc) is 2.68. The Morgan fingerprint density at radius 2 is 1.71 bits per heavy atom. The number of rotatable bonds is 5. The number of primary amides is 1. The highest BCUT2D eigenvalue weighted by Crippen LogP contribution is 2.24. The van der Waals surface area contributed by atoms with Crippen LogP contribution in [0.5, 0.6) is 0 Å². The van der Waals surface area contributed by atoms with Crippen molar-refractivity contribution in [3.05, 3.63) is 65.7 Å².